The second kappa shape index (κ2) is 6.67. The molecule has 0 saturated carbocycles. The molecule has 1 aromatic heterocycles. The number of nitrogens with zero attached hydrogens (tertiary/aromatic N) is 2. The standard InChI is InChI=1S/C11H16ClN3O4/c1-3-11(2,18)8(6-16)19-7-15-5-4-9(14-12)13-10(15)17/h3-5,8,16,18H,1,6-7H2,2H3,(H,13,14,17)/t8-,11?/m1/s1. The van der Waals surface area contributed by atoms with Gasteiger partial charge in [-0.05, 0) is 13.0 Å². The lowest BCUT2D eigenvalue weighted by atomic mass is 10.0. The fraction of sp³-hybridized carbons (Fsp3) is 0.455. The third kappa shape index (κ3) is 4.03. The van der Waals surface area contributed by atoms with Gasteiger partial charge in [-0.2, -0.15) is 4.98 Å². The van der Waals surface area contributed by atoms with Gasteiger partial charge in [0.1, 0.15) is 24.3 Å². The van der Waals surface area contributed by atoms with Crippen LogP contribution in [-0.2, 0) is 11.5 Å². The fourth-order valence-electron chi connectivity index (χ4n) is 1.29. The first kappa shape index (κ1) is 15.6. The highest BCUT2D eigenvalue weighted by Gasteiger charge is 2.29. The highest BCUT2D eigenvalue weighted by molar-refractivity contribution is 6.23. The van der Waals surface area contributed by atoms with E-state index in [1.807, 2.05) is 0 Å². The van der Waals surface area contributed by atoms with Crippen molar-refractivity contribution in [3.05, 3.63) is 35.4 Å². The summed E-state index contributed by atoms with van der Waals surface area (Å²) < 4.78 is 6.45. The summed E-state index contributed by atoms with van der Waals surface area (Å²) in [6.07, 6.45) is 1.79. The summed E-state index contributed by atoms with van der Waals surface area (Å²) in [5.41, 5.74) is -1.97. The Bertz CT molecular complexity index is 489. The average Bonchev–Trinajstić information content (AvgIpc) is 2.40. The van der Waals surface area contributed by atoms with Gasteiger partial charge in [-0.25, -0.2) is 4.79 Å². The van der Waals surface area contributed by atoms with E-state index in [0.717, 1.165) is 0 Å². The van der Waals surface area contributed by atoms with Crippen LogP contribution in [0.1, 0.15) is 6.92 Å². The molecule has 19 heavy (non-hydrogen) atoms. The monoisotopic (exact) mass is 289 g/mol. The molecule has 0 aliphatic heterocycles. The molecule has 0 aromatic carbocycles. The van der Waals surface area contributed by atoms with Gasteiger partial charge in [0.25, 0.3) is 0 Å². The molecule has 106 valence electrons. The third-order valence-electron chi connectivity index (χ3n) is 2.62. The second-order valence-corrected chi connectivity index (χ2v) is 4.25. The fourth-order valence-corrected chi connectivity index (χ4v) is 1.39. The number of aliphatic hydroxyl groups is 2. The number of ether oxygens (including phenoxy) is 1. The van der Waals surface area contributed by atoms with E-state index in [-0.39, 0.29) is 12.5 Å². The summed E-state index contributed by atoms with van der Waals surface area (Å²) in [6, 6.07) is 1.48. The van der Waals surface area contributed by atoms with Crippen molar-refractivity contribution in [3.8, 4) is 0 Å². The average molecular weight is 290 g/mol. The zero-order valence-electron chi connectivity index (χ0n) is 10.4. The minimum atomic E-state index is -1.40. The van der Waals surface area contributed by atoms with Crippen LogP contribution >= 0.6 is 11.8 Å². The maximum absolute atomic E-state index is 11.5. The van der Waals surface area contributed by atoms with Gasteiger partial charge in [-0.15, -0.1) is 6.58 Å². The first-order chi connectivity index (χ1) is 8.94. The molecule has 3 N–H and O–H groups in total. The van der Waals surface area contributed by atoms with E-state index >= 15 is 0 Å². The van der Waals surface area contributed by atoms with Crippen LogP contribution in [0, 0.1) is 0 Å². The SMILES string of the molecule is C=CC(C)(O)[C@@H](CO)OCn1ccc(NCl)nc1=O. The molecule has 1 rings (SSSR count). The van der Waals surface area contributed by atoms with Crippen molar-refractivity contribution < 1.29 is 14.9 Å². The normalized spacial score (nSPS) is 15.6. The first-order valence-corrected chi connectivity index (χ1v) is 5.85. The van der Waals surface area contributed by atoms with Gasteiger partial charge in [0, 0.05) is 18.0 Å². The molecule has 0 radical (unpaired) electrons. The van der Waals surface area contributed by atoms with E-state index in [1.165, 1.54) is 29.8 Å². The lowest BCUT2D eigenvalue weighted by molar-refractivity contribution is -0.115. The van der Waals surface area contributed by atoms with E-state index in [1.54, 1.807) is 0 Å². The molecule has 0 spiro atoms. The molecule has 0 bridgehead atoms. The van der Waals surface area contributed by atoms with Gasteiger partial charge >= 0.3 is 5.69 Å². The number of anilines is 1. The quantitative estimate of drug-likeness (QED) is 0.486. The van der Waals surface area contributed by atoms with Crippen LogP contribution < -0.4 is 10.5 Å². The molecule has 2 atom stereocenters. The Morgan fingerprint density at radius 2 is 2.47 bits per heavy atom. The number of aromatic nitrogens is 2. The Kier molecular flexibility index (Phi) is 5.49. The summed E-state index contributed by atoms with van der Waals surface area (Å²) in [5, 5.41) is 19.0. The summed E-state index contributed by atoms with van der Waals surface area (Å²) in [6.45, 7) is 4.32. The van der Waals surface area contributed by atoms with Gasteiger partial charge in [0.2, 0.25) is 0 Å². The molecule has 7 nitrogen and oxygen atoms in total. The number of hydrogen-bond acceptors (Lipinski definition) is 6. The van der Waals surface area contributed by atoms with Gasteiger partial charge in [-0.1, -0.05) is 6.08 Å². The highest BCUT2D eigenvalue weighted by Crippen LogP contribution is 2.14. The van der Waals surface area contributed by atoms with Crippen molar-refractivity contribution in [1.29, 1.82) is 0 Å². The van der Waals surface area contributed by atoms with Crippen LogP contribution in [0.4, 0.5) is 5.82 Å². The minimum absolute atomic E-state index is 0.163. The second-order valence-electron chi connectivity index (χ2n) is 4.06. The number of rotatable bonds is 7. The van der Waals surface area contributed by atoms with Crippen LogP contribution in [0.2, 0.25) is 0 Å². The molecule has 0 fully saturated rings. The molecule has 0 aliphatic rings. The Labute approximate surface area is 115 Å². The Balaban J connectivity index is 2.76. The Hall–Kier alpha value is -1.41. The van der Waals surface area contributed by atoms with E-state index in [4.69, 9.17) is 21.6 Å². The molecule has 0 aliphatic carbocycles. The molecule has 0 saturated heterocycles. The molecule has 1 aromatic rings. The molecule has 8 heteroatoms. The van der Waals surface area contributed by atoms with Crippen LogP contribution in [0.3, 0.4) is 0 Å². The van der Waals surface area contributed by atoms with Gasteiger partial charge in [0.05, 0.1) is 6.61 Å². The van der Waals surface area contributed by atoms with Gasteiger partial charge < -0.3 is 14.9 Å². The van der Waals surface area contributed by atoms with Crippen molar-refractivity contribution >= 4 is 17.6 Å². The van der Waals surface area contributed by atoms with E-state index in [0.29, 0.717) is 0 Å². The number of hydrogen-bond donors (Lipinski definition) is 3. The molecular formula is C11H16ClN3O4. The zero-order chi connectivity index (χ0) is 14.5. The van der Waals surface area contributed by atoms with Gasteiger partial charge in [-0.3, -0.25) is 9.40 Å². The van der Waals surface area contributed by atoms with Gasteiger partial charge in [0.15, 0.2) is 0 Å². The van der Waals surface area contributed by atoms with Crippen LogP contribution in [0.25, 0.3) is 0 Å². The highest BCUT2D eigenvalue weighted by atomic mass is 35.5. The lowest BCUT2D eigenvalue weighted by Gasteiger charge is -2.28. The molecule has 1 heterocycles. The van der Waals surface area contributed by atoms with Crippen molar-refractivity contribution in [1.82, 2.24) is 9.55 Å². The number of halogens is 1. The minimum Gasteiger partial charge on any atom is -0.394 e. The summed E-state index contributed by atoms with van der Waals surface area (Å²) in [7, 11) is 0. The topological polar surface area (TPSA) is 96.6 Å². The third-order valence-corrected chi connectivity index (χ3v) is 2.81. The van der Waals surface area contributed by atoms with E-state index in [2.05, 4.69) is 16.4 Å². The Morgan fingerprint density at radius 1 is 1.79 bits per heavy atom. The van der Waals surface area contributed by atoms with Crippen molar-refractivity contribution in [3.63, 3.8) is 0 Å². The van der Waals surface area contributed by atoms with Crippen LogP contribution in [-0.4, -0.2) is 38.1 Å². The predicted octanol–water partition coefficient (Wildman–Crippen LogP) is 0.0810. The zero-order valence-corrected chi connectivity index (χ0v) is 11.2. The summed E-state index contributed by atoms with van der Waals surface area (Å²) in [5.74, 6) is 0.222. The molecule has 0 amide bonds. The summed E-state index contributed by atoms with van der Waals surface area (Å²) in [4.78, 5) is 17.4. The lowest BCUT2D eigenvalue weighted by Crippen LogP contribution is -2.42. The van der Waals surface area contributed by atoms with Crippen molar-refractivity contribution in [2.75, 3.05) is 11.4 Å². The molecular weight excluding hydrogens is 274 g/mol. The number of aliphatic hydroxyl groups excluding tert-OH is 1. The van der Waals surface area contributed by atoms with Crippen LogP contribution in [0.15, 0.2) is 29.7 Å². The van der Waals surface area contributed by atoms with Crippen molar-refractivity contribution in [2.24, 2.45) is 0 Å². The van der Waals surface area contributed by atoms with Crippen molar-refractivity contribution in [2.45, 2.75) is 25.4 Å². The maximum Gasteiger partial charge on any atom is 0.351 e. The molecule has 1 unspecified atom stereocenters. The largest absolute Gasteiger partial charge is 0.394 e. The maximum atomic E-state index is 11.5. The predicted molar refractivity (Wildman–Crippen MR) is 70.8 cm³/mol. The smallest absolute Gasteiger partial charge is 0.351 e. The number of nitrogens with one attached hydrogen (secondary N) is 1. The van der Waals surface area contributed by atoms with E-state index in [9.17, 15) is 9.90 Å². The van der Waals surface area contributed by atoms with E-state index < -0.39 is 24.0 Å². The first-order valence-electron chi connectivity index (χ1n) is 5.47. The Morgan fingerprint density at radius 3 is 2.95 bits per heavy atom. The van der Waals surface area contributed by atoms with Crippen LogP contribution in [0.5, 0.6) is 0 Å². The summed E-state index contributed by atoms with van der Waals surface area (Å²) >= 11 is 5.31.